The number of aromatic nitrogens is 4. The number of carbonyl (C=O) groups is 1. The van der Waals surface area contributed by atoms with E-state index in [4.69, 9.17) is 4.74 Å². The first kappa shape index (κ1) is 26.8. The summed E-state index contributed by atoms with van der Waals surface area (Å²) in [6.07, 6.45) is 7.13. The lowest BCUT2D eigenvalue weighted by Gasteiger charge is -2.20. The maximum absolute atomic E-state index is 13.0. The molecule has 0 aliphatic heterocycles. The third-order valence-electron chi connectivity index (χ3n) is 4.94. The first-order valence-electron chi connectivity index (χ1n) is 11.3. The average Bonchev–Trinajstić information content (AvgIpc) is 3.07. The fourth-order valence-electron chi connectivity index (χ4n) is 3.16. The van der Waals surface area contributed by atoms with E-state index >= 15 is 0 Å². The highest BCUT2D eigenvalue weighted by Gasteiger charge is 2.22. The van der Waals surface area contributed by atoms with Crippen molar-refractivity contribution in [3.8, 4) is 0 Å². The number of pyridine rings is 1. The molecule has 3 aromatic heterocycles. The van der Waals surface area contributed by atoms with Crippen LogP contribution >= 0.6 is 0 Å². The number of ether oxygens (including phenoxy) is 1. The van der Waals surface area contributed by atoms with E-state index in [2.05, 4.69) is 45.2 Å². The number of anilines is 2. The molecule has 1 amide bonds. The van der Waals surface area contributed by atoms with Crippen LogP contribution in [0.5, 0.6) is 0 Å². The van der Waals surface area contributed by atoms with Crippen LogP contribution in [0.15, 0.2) is 35.7 Å². The van der Waals surface area contributed by atoms with E-state index in [9.17, 15) is 13.2 Å². The van der Waals surface area contributed by atoms with Gasteiger partial charge in [0.1, 0.15) is 18.1 Å². The number of nitrogens with zero attached hydrogens (tertiary/aromatic N) is 4. The minimum Gasteiger partial charge on any atom is -0.361 e. The van der Waals surface area contributed by atoms with Gasteiger partial charge in [0.15, 0.2) is 15.5 Å². The summed E-state index contributed by atoms with van der Waals surface area (Å²) in [6.45, 7) is 13.5. The molecule has 3 rings (SSSR count). The Morgan fingerprint density at radius 2 is 1.89 bits per heavy atom. The Hall–Kier alpha value is -2.83. The molecule has 0 spiro atoms. The van der Waals surface area contributed by atoms with Crippen LogP contribution in [0.1, 0.15) is 31.1 Å². The number of amides is 1. The monoisotopic (exact) mass is 518 g/mol. The van der Waals surface area contributed by atoms with Crippen molar-refractivity contribution in [2.24, 2.45) is 0 Å². The van der Waals surface area contributed by atoms with E-state index in [0.717, 1.165) is 12.3 Å². The maximum atomic E-state index is 13.0. The molecule has 0 bridgehead atoms. The fraction of sp³-hybridized carbons (Fsp3) is 0.478. The molecule has 0 saturated carbocycles. The van der Waals surface area contributed by atoms with Crippen LogP contribution in [-0.4, -0.2) is 60.3 Å². The molecular formula is C23H34N6O4SSi. The molecule has 0 radical (unpaired) electrons. The zero-order chi connectivity index (χ0) is 26.0. The van der Waals surface area contributed by atoms with Crippen molar-refractivity contribution in [2.75, 3.05) is 18.2 Å². The molecular weight excluding hydrogens is 484 g/mol. The first-order chi connectivity index (χ1) is 16.1. The summed E-state index contributed by atoms with van der Waals surface area (Å²) in [4.78, 5) is 26.3. The van der Waals surface area contributed by atoms with E-state index in [1.165, 1.54) is 24.7 Å². The van der Waals surface area contributed by atoms with E-state index in [0.29, 0.717) is 34.8 Å². The smallest absolute Gasteiger partial charge is 0.255 e. The van der Waals surface area contributed by atoms with Crippen molar-refractivity contribution in [2.45, 2.75) is 63.6 Å². The molecule has 10 nitrogen and oxygen atoms in total. The molecule has 3 aromatic rings. The summed E-state index contributed by atoms with van der Waals surface area (Å²) < 4.78 is 31.4. The van der Waals surface area contributed by atoms with Gasteiger partial charge in [0.2, 0.25) is 0 Å². The van der Waals surface area contributed by atoms with Gasteiger partial charge >= 0.3 is 0 Å². The van der Waals surface area contributed by atoms with Crippen LogP contribution in [0.4, 0.5) is 11.5 Å². The number of sulfone groups is 1. The summed E-state index contributed by atoms with van der Waals surface area (Å²) in [7, 11) is -4.64. The van der Waals surface area contributed by atoms with E-state index in [-0.39, 0.29) is 17.5 Å². The standard InChI is InChI=1S/C23H34N6O4SSi/c1-23(2,3)28-22(30)18-14-29(15-33-8-9-35(5,6)7)21-20(18)27-19(13-25-21)26-16-10-17(12-24-11-16)34(4,31)32/h10-14H,8-9,15H2,1-7H3,(H,26,27)(H,28,30). The zero-order valence-electron chi connectivity index (χ0n) is 21.3. The summed E-state index contributed by atoms with van der Waals surface area (Å²) >= 11 is 0. The molecule has 2 N–H and O–H groups in total. The Labute approximate surface area is 207 Å². The van der Waals surface area contributed by atoms with Crippen LogP contribution in [0.2, 0.25) is 25.7 Å². The van der Waals surface area contributed by atoms with Crippen molar-refractivity contribution in [1.29, 1.82) is 0 Å². The molecule has 190 valence electrons. The Morgan fingerprint density at radius 1 is 1.17 bits per heavy atom. The lowest BCUT2D eigenvalue weighted by atomic mass is 10.1. The third-order valence-corrected chi connectivity index (χ3v) is 7.72. The number of fused-ring (bicyclic) bond motifs is 1. The molecule has 0 unspecified atom stereocenters. The van der Waals surface area contributed by atoms with Crippen LogP contribution in [0.3, 0.4) is 0 Å². The minimum atomic E-state index is -3.41. The van der Waals surface area contributed by atoms with Crippen molar-refractivity contribution in [3.05, 3.63) is 36.4 Å². The van der Waals surface area contributed by atoms with Gasteiger partial charge in [-0.1, -0.05) is 19.6 Å². The summed E-state index contributed by atoms with van der Waals surface area (Å²) in [5.74, 6) is 0.0858. The van der Waals surface area contributed by atoms with E-state index in [1.54, 1.807) is 10.8 Å². The first-order valence-corrected chi connectivity index (χ1v) is 16.9. The molecule has 0 aliphatic carbocycles. The number of carbonyl (C=O) groups excluding carboxylic acids is 1. The third kappa shape index (κ3) is 7.57. The molecule has 0 aromatic carbocycles. The molecule has 12 heteroatoms. The molecule has 0 saturated heterocycles. The second-order valence-corrected chi connectivity index (χ2v) is 18.4. The molecule has 0 atom stereocenters. The van der Waals surface area contributed by atoms with Gasteiger partial charge in [-0.3, -0.25) is 9.78 Å². The zero-order valence-corrected chi connectivity index (χ0v) is 23.2. The molecule has 3 heterocycles. The Balaban J connectivity index is 1.94. The van der Waals surface area contributed by atoms with E-state index in [1.807, 2.05) is 20.8 Å². The summed E-state index contributed by atoms with van der Waals surface area (Å²) in [6, 6.07) is 2.50. The van der Waals surface area contributed by atoms with Gasteiger partial charge in [-0.2, -0.15) is 0 Å². The number of hydrogen-bond acceptors (Lipinski definition) is 8. The SMILES string of the molecule is CC(C)(C)NC(=O)c1cn(COCC[Si](C)(C)C)c2ncc(Nc3cncc(S(C)(=O)=O)c3)nc12. The van der Waals surface area contributed by atoms with Crippen molar-refractivity contribution in [3.63, 3.8) is 0 Å². The van der Waals surface area contributed by atoms with Crippen molar-refractivity contribution >= 4 is 46.5 Å². The van der Waals surface area contributed by atoms with Gasteiger partial charge in [0.05, 0.1) is 28.5 Å². The second kappa shape index (κ2) is 10.0. The predicted octanol–water partition coefficient (Wildman–Crippen LogP) is 3.81. The predicted molar refractivity (Wildman–Crippen MR) is 139 cm³/mol. The average molecular weight is 519 g/mol. The lowest BCUT2D eigenvalue weighted by Crippen LogP contribution is -2.40. The number of hydrogen-bond donors (Lipinski definition) is 2. The second-order valence-electron chi connectivity index (χ2n) is 10.8. The molecule has 0 fully saturated rings. The van der Waals surface area contributed by atoms with Crippen molar-refractivity contribution in [1.82, 2.24) is 24.8 Å². The fourth-order valence-corrected chi connectivity index (χ4v) is 4.51. The highest BCUT2D eigenvalue weighted by molar-refractivity contribution is 7.90. The van der Waals surface area contributed by atoms with Crippen molar-refractivity contribution < 1.29 is 17.9 Å². The Morgan fingerprint density at radius 3 is 2.51 bits per heavy atom. The lowest BCUT2D eigenvalue weighted by molar-refractivity contribution is 0.0886. The summed E-state index contributed by atoms with van der Waals surface area (Å²) in [5.41, 5.74) is 1.32. The number of nitrogens with one attached hydrogen (secondary N) is 2. The minimum absolute atomic E-state index is 0.0865. The van der Waals surface area contributed by atoms with E-state index < -0.39 is 23.5 Å². The number of rotatable bonds is 9. The van der Waals surface area contributed by atoms with Gasteiger partial charge in [-0.05, 0) is 32.9 Å². The largest absolute Gasteiger partial charge is 0.361 e. The topological polar surface area (TPSA) is 128 Å². The van der Waals surface area contributed by atoms with Gasteiger partial charge in [0, 0.05) is 38.9 Å². The quantitative estimate of drug-likeness (QED) is 0.323. The molecule has 35 heavy (non-hydrogen) atoms. The van der Waals surface area contributed by atoms with Crippen LogP contribution in [0.25, 0.3) is 11.2 Å². The Kier molecular flexibility index (Phi) is 7.67. The van der Waals surface area contributed by atoms with Crippen LogP contribution < -0.4 is 10.6 Å². The highest BCUT2D eigenvalue weighted by Crippen LogP contribution is 2.23. The highest BCUT2D eigenvalue weighted by atomic mass is 32.2. The van der Waals surface area contributed by atoms with Gasteiger partial charge in [-0.15, -0.1) is 0 Å². The van der Waals surface area contributed by atoms with Gasteiger partial charge in [0.25, 0.3) is 5.91 Å². The summed E-state index contributed by atoms with van der Waals surface area (Å²) in [5, 5.41) is 6.00. The van der Waals surface area contributed by atoms with Crippen LogP contribution in [-0.2, 0) is 21.3 Å². The van der Waals surface area contributed by atoms with Gasteiger partial charge < -0.3 is 19.9 Å². The Bertz CT molecular complexity index is 1330. The molecule has 0 aliphatic rings. The van der Waals surface area contributed by atoms with Gasteiger partial charge in [-0.25, -0.2) is 18.4 Å². The normalized spacial score (nSPS) is 12.7. The maximum Gasteiger partial charge on any atom is 0.255 e. The van der Waals surface area contributed by atoms with Crippen LogP contribution in [0, 0.1) is 0 Å².